The van der Waals surface area contributed by atoms with Gasteiger partial charge in [0.1, 0.15) is 6.10 Å². The largest absolute Gasteiger partial charge is 0.379 e. The summed E-state index contributed by atoms with van der Waals surface area (Å²) in [6.45, 7) is 7.13. The first-order chi connectivity index (χ1) is 12.1. The van der Waals surface area contributed by atoms with E-state index in [-0.39, 0.29) is 36.8 Å². The van der Waals surface area contributed by atoms with Gasteiger partial charge in [0, 0.05) is 51.5 Å². The van der Waals surface area contributed by atoms with Gasteiger partial charge >= 0.3 is 0 Å². The van der Waals surface area contributed by atoms with E-state index in [0.717, 1.165) is 4.90 Å². The number of nitrogens with one attached hydrogen (secondary N) is 1. The van der Waals surface area contributed by atoms with Gasteiger partial charge in [0.15, 0.2) is 0 Å². The minimum atomic E-state index is -0.373. The number of carbonyl (C=O) groups is 3. The SMILES string of the molecule is CCOCC(COCCCNC(=O)CCN1C(=O)C=CC1=O)OCC. The van der Waals surface area contributed by atoms with E-state index >= 15 is 0 Å². The summed E-state index contributed by atoms with van der Waals surface area (Å²) in [5, 5.41) is 2.74. The molecule has 25 heavy (non-hydrogen) atoms. The standard InChI is InChI=1S/C17H28N2O6/c1-3-23-12-14(25-4-2)13-24-11-5-9-18-15(20)8-10-19-16(21)6-7-17(19)22/h6-7,14H,3-5,8-13H2,1-2H3,(H,18,20). The van der Waals surface area contributed by atoms with E-state index in [4.69, 9.17) is 14.2 Å². The predicted octanol–water partition coefficient (Wildman–Crippen LogP) is 0.266. The summed E-state index contributed by atoms with van der Waals surface area (Å²) < 4.78 is 16.4. The van der Waals surface area contributed by atoms with Crippen molar-refractivity contribution in [3.05, 3.63) is 12.2 Å². The summed E-state index contributed by atoms with van der Waals surface area (Å²) in [4.78, 5) is 35.4. The van der Waals surface area contributed by atoms with Gasteiger partial charge in [0.2, 0.25) is 5.91 Å². The topological polar surface area (TPSA) is 94.2 Å². The maximum absolute atomic E-state index is 11.7. The van der Waals surface area contributed by atoms with Gasteiger partial charge < -0.3 is 19.5 Å². The third kappa shape index (κ3) is 8.76. The Labute approximate surface area is 148 Å². The van der Waals surface area contributed by atoms with Crippen molar-refractivity contribution < 1.29 is 28.6 Å². The normalized spacial score (nSPS) is 15.0. The monoisotopic (exact) mass is 356 g/mol. The Balaban J connectivity index is 2.04. The quantitative estimate of drug-likeness (QED) is 0.355. The van der Waals surface area contributed by atoms with Gasteiger partial charge in [-0.05, 0) is 20.3 Å². The summed E-state index contributed by atoms with van der Waals surface area (Å²) in [7, 11) is 0. The predicted molar refractivity (Wildman–Crippen MR) is 90.8 cm³/mol. The lowest BCUT2D eigenvalue weighted by molar-refractivity contribution is -0.137. The fraction of sp³-hybridized carbons (Fsp3) is 0.706. The first-order valence-corrected chi connectivity index (χ1v) is 8.65. The fourth-order valence-electron chi connectivity index (χ4n) is 2.20. The number of nitrogens with zero attached hydrogens (tertiary/aromatic N) is 1. The van der Waals surface area contributed by atoms with Crippen LogP contribution in [0.1, 0.15) is 26.7 Å². The van der Waals surface area contributed by atoms with Gasteiger partial charge in [-0.3, -0.25) is 19.3 Å². The Morgan fingerprint density at radius 2 is 1.80 bits per heavy atom. The molecule has 0 aromatic carbocycles. The molecule has 8 heteroatoms. The highest BCUT2D eigenvalue weighted by Crippen LogP contribution is 2.04. The molecule has 1 heterocycles. The molecule has 0 aromatic heterocycles. The Bertz CT molecular complexity index is 448. The molecular weight excluding hydrogens is 328 g/mol. The zero-order valence-corrected chi connectivity index (χ0v) is 15.0. The molecule has 1 N–H and O–H groups in total. The maximum atomic E-state index is 11.7. The van der Waals surface area contributed by atoms with Crippen molar-refractivity contribution in [1.29, 1.82) is 0 Å². The minimum Gasteiger partial charge on any atom is -0.379 e. The number of imide groups is 1. The van der Waals surface area contributed by atoms with Crippen LogP contribution in [0.4, 0.5) is 0 Å². The van der Waals surface area contributed by atoms with Crippen LogP contribution in [-0.4, -0.2) is 74.8 Å². The number of hydrogen-bond acceptors (Lipinski definition) is 6. The molecule has 0 saturated heterocycles. The van der Waals surface area contributed by atoms with Crippen LogP contribution < -0.4 is 5.32 Å². The molecule has 0 bridgehead atoms. The second-order valence-corrected chi connectivity index (χ2v) is 5.43. The van der Waals surface area contributed by atoms with Crippen molar-refractivity contribution in [2.75, 3.05) is 46.1 Å². The first kappa shape index (κ1) is 21.3. The lowest BCUT2D eigenvalue weighted by atomic mass is 10.3. The molecule has 0 spiro atoms. The number of carbonyl (C=O) groups excluding carboxylic acids is 3. The molecule has 142 valence electrons. The van der Waals surface area contributed by atoms with Crippen molar-refractivity contribution in [2.45, 2.75) is 32.8 Å². The molecule has 3 amide bonds. The van der Waals surface area contributed by atoms with Crippen LogP contribution in [0, 0.1) is 0 Å². The summed E-state index contributed by atoms with van der Waals surface area (Å²) in [5.74, 6) is -0.944. The smallest absolute Gasteiger partial charge is 0.253 e. The molecule has 8 nitrogen and oxygen atoms in total. The Morgan fingerprint density at radius 1 is 1.12 bits per heavy atom. The number of amides is 3. The fourth-order valence-corrected chi connectivity index (χ4v) is 2.20. The second kappa shape index (κ2) is 12.6. The number of ether oxygens (including phenoxy) is 3. The molecule has 0 saturated carbocycles. The molecular formula is C17H28N2O6. The van der Waals surface area contributed by atoms with E-state index in [0.29, 0.717) is 46.0 Å². The molecule has 1 atom stereocenters. The van der Waals surface area contributed by atoms with Crippen molar-refractivity contribution >= 4 is 17.7 Å². The van der Waals surface area contributed by atoms with Crippen molar-refractivity contribution in [2.24, 2.45) is 0 Å². The van der Waals surface area contributed by atoms with Crippen LogP contribution in [0.5, 0.6) is 0 Å². The lowest BCUT2D eigenvalue weighted by Gasteiger charge is -2.17. The zero-order valence-electron chi connectivity index (χ0n) is 15.0. The highest BCUT2D eigenvalue weighted by atomic mass is 16.6. The van der Waals surface area contributed by atoms with Gasteiger partial charge in [0.25, 0.3) is 11.8 Å². The molecule has 1 unspecified atom stereocenters. The summed E-state index contributed by atoms with van der Waals surface area (Å²) >= 11 is 0. The average molecular weight is 356 g/mol. The summed E-state index contributed by atoms with van der Waals surface area (Å²) in [6.07, 6.45) is 3.10. The molecule has 0 aliphatic carbocycles. The molecule has 0 fully saturated rings. The summed E-state index contributed by atoms with van der Waals surface area (Å²) in [5.41, 5.74) is 0. The Morgan fingerprint density at radius 3 is 2.44 bits per heavy atom. The van der Waals surface area contributed by atoms with E-state index in [1.807, 2.05) is 13.8 Å². The van der Waals surface area contributed by atoms with E-state index in [2.05, 4.69) is 5.32 Å². The Kier molecular flexibility index (Phi) is 10.7. The first-order valence-electron chi connectivity index (χ1n) is 8.65. The van der Waals surface area contributed by atoms with Crippen LogP contribution in [-0.2, 0) is 28.6 Å². The minimum absolute atomic E-state index is 0.0799. The van der Waals surface area contributed by atoms with Gasteiger partial charge in [-0.1, -0.05) is 0 Å². The third-order valence-electron chi connectivity index (χ3n) is 3.46. The maximum Gasteiger partial charge on any atom is 0.253 e. The van der Waals surface area contributed by atoms with Gasteiger partial charge in [-0.15, -0.1) is 0 Å². The second-order valence-electron chi connectivity index (χ2n) is 5.43. The zero-order chi connectivity index (χ0) is 18.5. The Hall–Kier alpha value is -1.77. The number of hydrogen-bond donors (Lipinski definition) is 1. The molecule has 1 aliphatic heterocycles. The molecule has 0 radical (unpaired) electrons. The van der Waals surface area contributed by atoms with Crippen LogP contribution in [0.25, 0.3) is 0 Å². The van der Waals surface area contributed by atoms with E-state index in [9.17, 15) is 14.4 Å². The van der Waals surface area contributed by atoms with E-state index < -0.39 is 0 Å². The third-order valence-corrected chi connectivity index (χ3v) is 3.46. The van der Waals surface area contributed by atoms with Crippen LogP contribution in [0.2, 0.25) is 0 Å². The van der Waals surface area contributed by atoms with Crippen molar-refractivity contribution in [3.8, 4) is 0 Å². The van der Waals surface area contributed by atoms with Gasteiger partial charge in [-0.2, -0.15) is 0 Å². The van der Waals surface area contributed by atoms with Crippen molar-refractivity contribution in [1.82, 2.24) is 10.2 Å². The highest BCUT2D eigenvalue weighted by Gasteiger charge is 2.23. The van der Waals surface area contributed by atoms with Gasteiger partial charge in [-0.25, -0.2) is 0 Å². The molecule has 1 aliphatic rings. The highest BCUT2D eigenvalue weighted by molar-refractivity contribution is 6.13. The average Bonchev–Trinajstić information content (AvgIpc) is 2.91. The summed E-state index contributed by atoms with van der Waals surface area (Å²) in [6, 6.07) is 0. The lowest BCUT2D eigenvalue weighted by Crippen LogP contribution is -2.35. The van der Waals surface area contributed by atoms with Gasteiger partial charge in [0.05, 0.1) is 13.2 Å². The van der Waals surface area contributed by atoms with Crippen LogP contribution in [0.3, 0.4) is 0 Å². The van der Waals surface area contributed by atoms with Crippen LogP contribution in [0.15, 0.2) is 12.2 Å². The van der Waals surface area contributed by atoms with Crippen molar-refractivity contribution in [3.63, 3.8) is 0 Å². The van der Waals surface area contributed by atoms with E-state index in [1.54, 1.807) is 0 Å². The van der Waals surface area contributed by atoms with E-state index in [1.165, 1.54) is 12.2 Å². The molecule has 1 rings (SSSR count). The van der Waals surface area contributed by atoms with Crippen LogP contribution >= 0.6 is 0 Å². The molecule has 0 aromatic rings. The number of rotatable bonds is 14.